The van der Waals surface area contributed by atoms with E-state index in [0.29, 0.717) is 37.4 Å². The molecule has 2 saturated heterocycles. The Morgan fingerprint density at radius 2 is 1.66 bits per heavy atom. The Kier molecular flexibility index (Phi) is 5.72. The lowest BCUT2D eigenvalue weighted by Crippen LogP contribution is -2.54. The average molecular weight is 477 g/mol. The van der Waals surface area contributed by atoms with Crippen LogP contribution in [0, 0.1) is 0 Å². The van der Waals surface area contributed by atoms with Crippen LogP contribution < -0.4 is 15.0 Å². The van der Waals surface area contributed by atoms with Crippen LogP contribution in [0.1, 0.15) is 56.8 Å². The molecule has 2 aromatic rings. The SMILES string of the molecule is O=C1CCC(N2C(=O)c3cccc(N4CCC(Oc5ccc(C(=O)O)cc5)CC4)c3C2=O)C(=O)N1. The van der Waals surface area contributed by atoms with Crippen molar-refractivity contribution in [3.05, 3.63) is 59.2 Å². The number of benzene rings is 2. The lowest BCUT2D eigenvalue weighted by Gasteiger charge is -2.34. The molecule has 10 heteroatoms. The maximum absolute atomic E-state index is 13.3. The second-order valence-electron chi connectivity index (χ2n) is 8.78. The van der Waals surface area contributed by atoms with Gasteiger partial charge in [0.25, 0.3) is 11.8 Å². The van der Waals surface area contributed by atoms with E-state index in [1.807, 2.05) is 4.90 Å². The number of hydrogen-bond donors (Lipinski definition) is 2. The van der Waals surface area contributed by atoms with Crippen LogP contribution in [0.4, 0.5) is 5.69 Å². The fraction of sp³-hybridized carbons (Fsp3) is 0.320. The molecule has 2 fully saturated rings. The third-order valence-electron chi connectivity index (χ3n) is 6.63. The van der Waals surface area contributed by atoms with Crippen molar-refractivity contribution >= 4 is 35.3 Å². The fourth-order valence-electron chi connectivity index (χ4n) is 4.84. The standard InChI is InChI=1S/C25H23N3O7/c29-20-9-8-19(22(30)26-20)28-23(31)17-2-1-3-18(21(17)24(28)32)27-12-10-16(11-13-27)35-15-6-4-14(5-7-15)25(33)34/h1-7,16,19H,8-13H2,(H,33,34)(H,26,29,30). The summed E-state index contributed by atoms with van der Waals surface area (Å²) >= 11 is 0. The predicted octanol–water partition coefficient (Wildman–Crippen LogP) is 1.83. The third-order valence-corrected chi connectivity index (χ3v) is 6.63. The lowest BCUT2D eigenvalue weighted by molar-refractivity contribution is -0.136. The first-order valence-electron chi connectivity index (χ1n) is 11.4. The number of carbonyl (C=O) groups excluding carboxylic acids is 4. The van der Waals surface area contributed by atoms with E-state index in [9.17, 15) is 24.0 Å². The molecule has 180 valence electrons. The van der Waals surface area contributed by atoms with Gasteiger partial charge >= 0.3 is 5.97 Å². The van der Waals surface area contributed by atoms with Crippen LogP contribution >= 0.6 is 0 Å². The van der Waals surface area contributed by atoms with Crippen molar-refractivity contribution in [2.24, 2.45) is 0 Å². The molecule has 3 aliphatic heterocycles. The number of anilines is 1. The molecule has 10 nitrogen and oxygen atoms in total. The zero-order valence-corrected chi connectivity index (χ0v) is 18.7. The number of carbonyl (C=O) groups is 5. The molecule has 5 rings (SSSR count). The molecular formula is C25H23N3O7. The van der Waals surface area contributed by atoms with Gasteiger partial charge in [-0.05, 0) is 42.8 Å². The highest BCUT2D eigenvalue weighted by atomic mass is 16.5. The third kappa shape index (κ3) is 4.11. The molecule has 2 N–H and O–H groups in total. The topological polar surface area (TPSA) is 133 Å². The lowest BCUT2D eigenvalue weighted by atomic mass is 10.0. The number of ether oxygens (including phenoxy) is 1. The van der Waals surface area contributed by atoms with Crippen molar-refractivity contribution < 1.29 is 33.8 Å². The number of carboxylic acid groups (broad SMARTS) is 1. The Bertz CT molecular complexity index is 1230. The van der Waals surface area contributed by atoms with E-state index >= 15 is 0 Å². The highest BCUT2D eigenvalue weighted by Crippen LogP contribution is 2.35. The molecule has 0 saturated carbocycles. The van der Waals surface area contributed by atoms with Gasteiger partial charge in [0, 0.05) is 32.4 Å². The highest BCUT2D eigenvalue weighted by Gasteiger charge is 2.46. The Hall–Kier alpha value is -4.21. The number of imide groups is 2. The van der Waals surface area contributed by atoms with Gasteiger partial charge in [-0.3, -0.25) is 29.4 Å². The first-order valence-corrected chi connectivity index (χ1v) is 11.4. The Morgan fingerprint density at radius 1 is 0.943 bits per heavy atom. The first-order chi connectivity index (χ1) is 16.8. The van der Waals surface area contributed by atoms with Crippen LogP contribution in [0.3, 0.4) is 0 Å². The number of fused-ring (bicyclic) bond motifs is 1. The monoisotopic (exact) mass is 477 g/mol. The molecule has 0 bridgehead atoms. The zero-order valence-electron chi connectivity index (χ0n) is 18.7. The molecule has 2 aromatic carbocycles. The minimum atomic E-state index is -1.00. The summed E-state index contributed by atoms with van der Waals surface area (Å²) in [6, 6.07) is 10.4. The van der Waals surface area contributed by atoms with Crippen LogP contribution in [0.5, 0.6) is 5.75 Å². The fourth-order valence-corrected chi connectivity index (χ4v) is 4.84. The second kappa shape index (κ2) is 8.86. The first kappa shape index (κ1) is 22.6. The van der Waals surface area contributed by atoms with Crippen LogP contribution in [0.2, 0.25) is 0 Å². The van der Waals surface area contributed by atoms with Crippen LogP contribution in [0.15, 0.2) is 42.5 Å². The van der Waals surface area contributed by atoms with E-state index in [0.717, 1.165) is 4.90 Å². The Balaban J connectivity index is 1.29. The predicted molar refractivity (Wildman–Crippen MR) is 122 cm³/mol. The molecule has 35 heavy (non-hydrogen) atoms. The minimum Gasteiger partial charge on any atom is -0.490 e. The summed E-state index contributed by atoms with van der Waals surface area (Å²) in [6.45, 7) is 1.18. The van der Waals surface area contributed by atoms with E-state index in [-0.39, 0.29) is 35.6 Å². The van der Waals surface area contributed by atoms with Crippen LogP contribution in [-0.2, 0) is 9.59 Å². The number of carboxylic acids is 1. The van der Waals surface area contributed by atoms with E-state index < -0.39 is 35.6 Å². The molecule has 0 aromatic heterocycles. The molecule has 3 aliphatic rings. The molecule has 3 heterocycles. The smallest absolute Gasteiger partial charge is 0.335 e. The number of amides is 4. The summed E-state index contributed by atoms with van der Waals surface area (Å²) in [5.41, 5.74) is 1.37. The summed E-state index contributed by atoms with van der Waals surface area (Å²) in [7, 11) is 0. The van der Waals surface area contributed by atoms with Crippen molar-refractivity contribution in [3.8, 4) is 5.75 Å². The largest absolute Gasteiger partial charge is 0.490 e. The number of nitrogens with zero attached hydrogens (tertiary/aromatic N) is 2. The molecule has 4 amide bonds. The van der Waals surface area contributed by atoms with Gasteiger partial charge in [0.2, 0.25) is 11.8 Å². The van der Waals surface area contributed by atoms with Crippen LogP contribution in [0.25, 0.3) is 0 Å². The van der Waals surface area contributed by atoms with Gasteiger partial charge in [-0.2, -0.15) is 0 Å². The van der Waals surface area contributed by atoms with Crippen molar-refractivity contribution in [2.45, 2.75) is 37.8 Å². The summed E-state index contributed by atoms with van der Waals surface area (Å²) in [5, 5.41) is 11.2. The van der Waals surface area contributed by atoms with Gasteiger partial charge < -0.3 is 14.7 Å². The van der Waals surface area contributed by atoms with Crippen LogP contribution in [-0.4, -0.2) is 64.8 Å². The van der Waals surface area contributed by atoms with Crippen molar-refractivity contribution in [1.29, 1.82) is 0 Å². The molecular weight excluding hydrogens is 454 g/mol. The normalized spacial score (nSPS) is 20.6. The van der Waals surface area contributed by atoms with Gasteiger partial charge in [-0.25, -0.2) is 4.79 Å². The van der Waals surface area contributed by atoms with Crippen molar-refractivity contribution in [1.82, 2.24) is 10.2 Å². The summed E-state index contributed by atoms with van der Waals surface area (Å²) in [6.07, 6.45) is 1.45. The van der Waals surface area contributed by atoms with E-state index in [1.54, 1.807) is 30.3 Å². The average Bonchev–Trinajstić information content (AvgIpc) is 3.10. The number of aromatic carboxylic acids is 1. The number of piperidine rings is 2. The van der Waals surface area contributed by atoms with Gasteiger partial charge in [0.15, 0.2) is 0 Å². The summed E-state index contributed by atoms with van der Waals surface area (Å²) in [4.78, 5) is 64.2. The molecule has 1 unspecified atom stereocenters. The molecule has 0 aliphatic carbocycles. The number of hydrogen-bond acceptors (Lipinski definition) is 7. The second-order valence-corrected chi connectivity index (χ2v) is 8.78. The zero-order chi connectivity index (χ0) is 24.7. The number of nitrogens with one attached hydrogen (secondary N) is 1. The summed E-state index contributed by atoms with van der Waals surface area (Å²) < 4.78 is 6.00. The highest BCUT2D eigenvalue weighted by molar-refractivity contribution is 6.25. The maximum atomic E-state index is 13.3. The van der Waals surface area contributed by atoms with Gasteiger partial charge in [-0.1, -0.05) is 6.07 Å². The minimum absolute atomic E-state index is 0.0726. The summed E-state index contributed by atoms with van der Waals surface area (Å²) in [5.74, 6) is -2.49. The van der Waals surface area contributed by atoms with E-state index in [4.69, 9.17) is 9.84 Å². The Morgan fingerprint density at radius 3 is 2.31 bits per heavy atom. The molecule has 1 atom stereocenters. The number of rotatable bonds is 5. The molecule has 0 radical (unpaired) electrons. The van der Waals surface area contributed by atoms with E-state index in [2.05, 4.69) is 5.32 Å². The van der Waals surface area contributed by atoms with Gasteiger partial charge in [0.1, 0.15) is 17.9 Å². The maximum Gasteiger partial charge on any atom is 0.335 e. The van der Waals surface area contributed by atoms with E-state index in [1.165, 1.54) is 12.1 Å². The van der Waals surface area contributed by atoms with Gasteiger partial charge in [-0.15, -0.1) is 0 Å². The van der Waals surface area contributed by atoms with Crippen molar-refractivity contribution in [3.63, 3.8) is 0 Å². The van der Waals surface area contributed by atoms with Gasteiger partial charge in [0.05, 0.1) is 22.4 Å². The Labute approximate surface area is 200 Å². The molecule has 0 spiro atoms. The quantitative estimate of drug-likeness (QED) is 0.623. The van der Waals surface area contributed by atoms with Crippen molar-refractivity contribution in [2.75, 3.05) is 18.0 Å².